The zero-order valence-electron chi connectivity index (χ0n) is 16.3. The van der Waals surface area contributed by atoms with Gasteiger partial charge < -0.3 is 39.0 Å². The molecule has 23 heteroatoms. The normalized spacial score (nSPS) is 19.8. The summed E-state index contributed by atoms with van der Waals surface area (Å²) >= 11 is 0. The van der Waals surface area contributed by atoms with Gasteiger partial charge in [0.15, 0.2) is 0 Å². The van der Waals surface area contributed by atoms with E-state index >= 15 is 0 Å². The van der Waals surface area contributed by atoms with Crippen LogP contribution >= 0.6 is 31.3 Å². The van der Waals surface area contributed by atoms with Crippen LogP contribution in [0.1, 0.15) is 24.6 Å². The molecule has 8 N–H and O–H groups in total. The summed E-state index contributed by atoms with van der Waals surface area (Å²) in [5, 5.41) is 0. The number of H-pyrrole nitrogens is 1. The first kappa shape index (κ1) is 30.2. The first-order valence-electron chi connectivity index (χ1n) is 8.21. The molecule has 1 fully saturated rings. The fraction of sp³-hybridized carbons (Fsp3) is 0.600. The number of phosphoric ester groups is 1. The lowest BCUT2D eigenvalue weighted by Gasteiger charge is -2.16. The minimum atomic E-state index is -5.46. The van der Waals surface area contributed by atoms with Crippen molar-refractivity contribution in [3.05, 3.63) is 32.6 Å². The van der Waals surface area contributed by atoms with Gasteiger partial charge in [-0.2, -0.15) is 8.62 Å². The third kappa shape index (κ3) is 12.4. The van der Waals surface area contributed by atoms with Crippen molar-refractivity contribution in [1.82, 2.24) is 9.55 Å². The van der Waals surface area contributed by atoms with Crippen LogP contribution in [0.5, 0.6) is 0 Å². The van der Waals surface area contributed by atoms with E-state index in [2.05, 4.69) is 18.1 Å². The van der Waals surface area contributed by atoms with E-state index in [1.807, 2.05) is 0 Å². The van der Waals surface area contributed by atoms with Crippen LogP contribution in [0.3, 0.4) is 0 Å². The maximum Gasteiger partial charge on any atom is 0.490 e. The Labute approximate surface area is 183 Å². The molecule has 1 saturated heterocycles. The van der Waals surface area contributed by atoms with Gasteiger partial charge in [-0.25, -0.2) is 23.1 Å². The van der Waals surface area contributed by atoms with Crippen LogP contribution in [0.15, 0.2) is 15.8 Å². The van der Waals surface area contributed by atoms with Crippen LogP contribution in [0.25, 0.3) is 0 Å². The molecule has 0 aromatic carbocycles. The third-order valence-corrected chi connectivity index (χ3v) is 7.23. The van der Waals surface area contributed by atoms with E-state index in [-0.39, 0.29) is 6.61 Å². The van der Waals surface area contributed by atoms with Crippen molar-refractivity contribution in [2.24, 2.45) is 0 Å². The standard InChI is InChI=1S/C10H15N2O7P.H5O10P3/c1-6-4-12(10(14)11-9(6)13)8-3-2-7(19-8)5-18-20(15,16)17;1-11(2,3)9-13(7,8)10-12(4,5)6/h4,7-8H,2-3,5H2,1H3,(H,11,13,14)(H2,15,16,17);(H,7,8)(H2,1,2,3)(H2,4,5,6)/t7-,8+;/m0./s1. The van der Waals surface area contributed by atoms with E-state index in [4.69, 9.17) is 39.0 Å². The SMILES string of the molecule is Cc1cn([C@H]2CC[C@@H](COP(=O)(O)O)O2)c(=O)[nH]c1=O.O=P(O)(O)OP(=O)(O)OP(=O)(O)O. The molecule has 0 radical (unpaired) electrons. The van der Waals surface area contributed by atoms with Crippen molar-refractivity contribution in [1.29, 1.82) is 0 Å². The molecule has 1 aliphatic rings. The molecule has 1 aromatic rings. The molecule has 0 saturated carbocycles. The molecule has 33 heavy (non-hydrogen) atoms. The molecule has 0 amide bonds. The molecule has 0 spiro atoms. The summed E-state index contributed by atoms with van der Waals surface area (Å²) in [7, 11) is -20.7. The fourth-order valence-corrected chi connectivity index (χ4v) is 5.18. The van der Waals surface area contributed by atoms with Gasteiger partial charge in [0.05, 0.1) is 12.7 Å². The Hall–Kier alpha value is -0.840. The second-order valence-corrected chi connectivity index (χ2v) is 11.6. The lowest BCUT2D eigenvalue weighted by Crippen LogP contribution is -2.33. The molecule has 0 bridgehead atoms. The van der Waals surface area contributed by atoms with Crippen LogP contribution in [0.4, 0.5) is 0 Å². The molecular formula is C10H20N2O17P4. The van der Waals surface area contributed by atoms with Gasteiger partial charge in [-0.05, 0) is 19.8 Å². The smallest absolute Gasteiger partial charge is 0.352 e. The Kier molecular flexibility index (Phi) is 10.3. The molecular weight excluding hydrogens is 544 g/mol. The Morgan fingerprint density at radius 2 is 1.48 bits per heavy atom. The van der Waals surface area contributed by atoms with Crippen molar-refractivity contribution < 1.29 is 70.4 Å². The van der Waals surface area contributed by atoms with Crippen molar-refractivity contribution in [3.8, 4) is 0 Å². The predicted molar refractivity (Wildman–Crippen MR) is 103 cm³/mol. The Morgan fingerprint density at radius 1 is 0.970 bits per heavy atom. The molecule has 2 heterocycles. The Morgan fingerprint density at radius 3 is 1.94 bits per heavy atom. The lowest BCUT2D eigenvalue weighted by atomic mass is 10.2. The molecule has 192 valence electrons. The summed E-state index contributed by atoms with van der Waals surface area (Å²) in [5.41, 5.74) is -0.657. The van der Waals surface area contributed by atoms with Gasteiger partial charge in [0, 0.05) is 11.8 Å². The van der Waals surface area contributed by atoms with E-state index in [0.29, 0.717) is 18.4 Å². The quantitative estimate of drug-likeness (QED) is 0.174. The van der Waals surface area contributed by atoms with Crippen molar-refractivity contribution >= 4 is 31.3 Å². The molecule has 19 nitrogen and oxygen atoms in total. The average Bonchev–Trinajstić information content (AvgIpc) is 3.00. The highest BCUT2D eigenvalue weighted by Gasteiger charge is 2.38. The second kappa shape index (κ2) is 11.3. The van der Waals surface area contributed by atoms with Crippen LogP contribution in [-0.4, -0.2) is 56.5 Å². The van der Waals surface area contributed by atoms with E-state index in [1.54, 1.807) is 6.92 Å². The van der Waals surface area contributed by atoms with Gasteiger partial charge in [0.2, 0.25) is 0 Å². The molecule has 1 aliphatic heterocycles. The lowest BCUT2D eigenvalue weighted by molar-refractivity contribution is -0.0244. The van der Waals surface area contributed by atoms with Crippen LogP contribution in [-0.2, 0) is 36.1 Å². The average molecular weight is 564 g/mol. The predicted octanol–water partition coefficient (Wildman–Crippen LogP) is -1.06. The van der Waals surface area contributed by atoms with E-state index < -0.39 is 54.9 Å². The first-order valence-corrected chi connectivity index (χ1v) is 14.3. The van der Waals surface area contributed by atoms with E-state index in [9.17, 15) is 27.8 Å². The maximum absolute atomic E-state index is 11.7. The summed E-state index contributed by atoms with van der Waals surface area (Å²) in [6.07, 6.45) is 1.30. The van der Waals surface area contributed by atoms with E-state index in [0.717, 1.165) is 0 Å². The summed E-state index contributed by atoms with van der Waals surface area (Å²) in [4.78, 5) is 82.5. The number of hydrogen-bond donors (Lipinski definition) is 8. The zero-order chi connectivity index (χ0) is 25.8. The van der Waals surface area contributed by atoms with Crippen molar-refractivity contribution in [2.45, 2.75) is 32.1 Å². The highest BCUT2D eigenvalue weighted by Crippen LogP contribution is 2.64. The van der Waals surface area contributed by atoms with Crippen LogP contribution in [0, 0.1) is 6.92 Å². The van der Waals surface area contributed by atoms with Gasteiger partial charge >= 0.3 is 37.0 Å². The molecule has 2 rings (SSSR count). The van der Waals surface area contributed by atoms with Gasteiger partial charge in [0.1, 0.15) is 6.23 Å². The number of nitrogens with zero attached hydrogens (tertiary/aromatic N) is 1. The number of aromatic amines is 1. The highest BCUT2D eigenvalue weighted by atomic mass is 31.3. The largest absolute Gasteiger partial charge is 0.490 e. The third-order valence-electron chi connectivity index (χ3n) is 3.39. The number of aromatic nitrogens is 2. The monoisotopic (exact) mass is 564 g/mol. The first-order chi connectivity index (χ1) is 14.7. The summed E-state index contributed by atoms with van der Waals surface area (Å²) in [5.74, 6) is 0. The minimum absolute atomic E-state index is 0.252. The fourth-order valence-electron chi connectivity index (χ4n) is 2.28. The zero-order valence-corrected chi connectivity index (χ0v) is 19.9. The van der Waals surface area contributed by atoms with Gasteiger partial charge in [-0.15, -0.1) is 0 Å². The summed E-state index contributed by atoms with van der Waals surface area (Å²) < 4.78 is 58.1. The Balaban J connectivity index is 0.000000366. The number of phosphoric acid groups is 4. The minimum Gasteiger partial charge on any atom is -0.352 e. The van der Waals surface area contributed by atoms with Gasteiger partial charge in [-0.3, -0.25) is 18.9 Å². The number of rotatable bonds is 8. The van der Waals surface area contributed by atoms with Crippen LogP contribution in [0.2, 0.25) is 0 Å². The molecule has 0 unspecified atom stereocenters. The van der Waals surface area contributed by atoms with Crippen molar-refractivity contribution in [2.75, 3.05) is 6.61 Å². The molecule has 1 aromatic heterocycles. The van der Waals surface area contributed by atoms with Gasteiger partial charge in [-0.1, -0.05) is 0 Å². The number of nitrogens with one attached hydrogen (secondary N) is 1. The number of ether oxygens (including phenoxy) is 1. The second-order valence-electron chi connectivity index (χ2n) is 6.17. The maximum atomic E-state index is 11.7. The van der Waals surface area contributed by atoms with Crippen LogP contribution < -0.4 is 11.2 Å². The van der Waals surface area contributed by atoms with E-state index in [1.165, 1.54) is 10.8 Å². The van der Waals surface area contributed by atoms with Crippen molar-refractivity contribution in [3.63, 3.8) is 0 Å². The molecule has 2 atom stereocenters. The van der Waals surface area contributed by atoms with Gasteiger partial charge in [0.25, 0.3) is 5.56 Å². The molecule has 0 aliphatic carbocycles. The highest BCUT2D eigenvalue weighted by molar-refractivity contribution is 7.66. The summed E-state index contributed by atoms with van der Waals surface area (Å²) in [6.45, 7) is 1.32. The number of hydrogen-bond acceptors (Lipinski definition) is 10. The summed E-state index contributed by atoms with van der Waals surface area (Å²) in [6, 6.07) is 0. The Bertz CT molecular complexity index is 1100. The topological polar surface area (TPSA) is 302 Å². The number of aryl methyl sites for hydroxylation is 1.